The number of thiocarbonyl (C=S) groups is 1. The van der Waals surface area contributed by atoms with Crippen molar-refractivity contribution in [2.75, 3.05) is 4.90 Å². The zero-order valence-corrected chi connectivity index (χ0v) is 20.0. The molecule has 0 spiro atoms. The maximum absolute atomic E-state index is 11.6. The molecule has 8 nitrogen and oxygen atoms in total. The maximum Gasteiger partial charge on any atom is 0.335 e. The highest BCUT2D eigenvalue weighted by Gasteiger charge is 2.42. The average Bonchev–Trinajstić information content (AvgIpc) is 3.49. The van der Waals surface area contributed by atoms with Crippen LogP contribution in [0.25, 0.3) is 11.3 Å². The molecule has 36 heavy (non-hydrogen) atoms. The van der Waals surface area contributed by atoms with Crippen LogP contribution in [0.3, 0.4) is 0 Å². The topological polar surface area (TPSA) is 116 Å². The van der Waals surface area contributed by atoms with Crippen molar-refractivity contribution in [3.8, 4) is 11.3 Å². The Labute approximate surface area is 215 Å². The van der Waals surface area contributed by atoms with E-state index in [-0.39, 0.29) is 17.2 Å². The monoisotopic (exact) mass is 519 g/mol. The van der Waals surface area contributed by atoms with Gasteiger partial charge in [-0.2, -0.15) is 0 Å². The van der Waals surface area contributed by atoms with Crippen LogP contribution < -0.4 is 10.2 Å². The van der Waals surface area contributed by atoms with E-state index >= 15 is 0 Å². The quantitative estimate of drug-likeness (QED) is 0.281. The second kappa shape index (κ2) is 9.44. The van der Waals surface area contributed by atoms with Crippen LogP contribution in [0.1, 0.15) is 44.3 Å². The summed E-state index contributed by atoms with van der Waals surface area (Å²) < 4.78 is 6.22. The third-order valence-electron chi connectivity index (χ3n) is 5.83. The predicted molar refractivity (Wildman–Crippen MR) is 137 cm³/mol. The number of anilines is 1. The van der Waals surface area contributed by atoms with Gasteiger partial charge in [-0.3, -0.25) is 4.98 Å². The molecule has 1 aliphatic rings. The van der Waals surface area contributed by atoms with Crippen molar-refractivity contribution < 1.29 is 24.2 Å². The van der Waals surface area contributed by atoms with Gasteiger partial charge >= 0.3 is 11.9 Å². The summed E-state index contributed by atoms with van der Waals surface area (Å²) in [6, 6.07) is 19.3. The molecular formula is C26H18ClN3O5S. The van der Waals surface area contributed by atoms with E-state index in [0.717, 1.165) is 17.4 Å². The van der Waals surface area contributed by atoms with Gasteiger partial charge in [0.25, 0.3) is 0 Å². The van der Waals surface area contributed by atoms with Gasteiger partial charge in [-0.05, 0) is 78.9 Å². The standard InChI is InChI=1S/C26H18ClN3O5S/c27-17-4-6-18(7-5-17)30-23(22(29-26(30)36)19-3-1-2-10-28-19)21-9-8-20(35-21)14-11-15(24(31)32)13-16(12-14)25(33)34/h1-13,22-23H,(H,29,36)(H,31,32)(H,33,34)/t22-,23+/m0/s1. The molecular weight excluding hydrogens is 502 g/mol. The van der Waals surface area contributed by atoms with E-state index in [9.17, 15) is 19.8 Å². The fraction of sp³-hybridized carbons (Fsp3) is 0.0769. The molecule has 4 aromatic rings. The van der Waals surface area contributed by atoms with Crippen LogP contribution in [0.4, 0.5) is 5.69 Å². The lowest BCUT2D eigenvalue weighted by atomic mass is 10.0. The van der Waals surface area contributed by atoms with Crippen LogP contribution in [0, 0.1) is 0 Å². The first kappa shape index (κ1) is 23.5. The van der Waals surface area contributed by atoms with E-state index in [4.69, 9.17) is 28.2 Å². The SMILES string of the molecule is O=C(O)c1cc(C(=O)O)cc(-c2ccc([C@@H]3[C@H](c4ccccn4)NC(=S)N3c3ccc(Cl)cc3)o2)c1. The van der Waals surface area contributed by atoms with Gasteiger partial charge in [0.2, 0.25) is 0 Å². The van der Waals surface area contributed by atoms with Crippen LogP contribution in [-0.4, -0.2) is 32.2 Å². The zero-order chi connectivity index (χ0) is 25.4. The molecule has 10 heteroatoms. The number of halogens is 1. The van der Waals surface area contributed by atoms with Gasteiger partial charge in [-0.1, -0.05) is 17.7 Å². The van der Waals surface area contributed by atoms with E-state index < -0.39 is 18.0 Å². The van der Waals surface area contributed by atoms with E-state index in [1.807, 2.05) is 35.2 Å². The number of carboxylic acid groups (broad SMARTS) is 2. The van der Waals surface area contributed by atoms with Crippen LogP contribution in [-0.2, 0) is 0 Å². The fourth-order valence-corrected chi connectivity index (χ4v) is 4.68. The molecule has 0 unspecified atom stereocenters. The van der Waals surface area contributed by atoms with Gasteiger partial charge in [0.05, 0.1) is 22.9 Å². The van der Waals surface area contributed by atoms with Gasteiger partial charge in [0.1, 0.15) is 17.6 Å². The van der Waals surface area contributed by atoms with Gasteiger partial charge in [0, 0.05) is 22.5 Å². The number of nitrogens with zero attached hydrogens (tertiary/aromatic N) is 2. The summed E-state index contributed by atoms with van der Waals surface area (Å²) in [5.41, 5.74) is 1.57. The number of hydrogen-bond acceptors (Lipinski definition) is 5. The minimum Gasteiger partial charge on any atom is -0.478 e. The molecule has 0 amide bonds. The lowest BCUT2D eigenvalue weighted by molar-refractivity contribution is 0.0696. The summed E-state index contributed by atoms with van der Waals surface area (Å²) in [4.78, 5) is 29.5. The fourth-order valence-electron chi connectivity index (χ4n) is 4.21. The molecule has 3 N–H and O–H groups in total. The van der Waals surface area contributed by atoms with Gasteiger partial charge < -0.3 is 24.8 Å². The second-order valence-electron chi connectivity index (χ2n) is 8.08. The summed E-state index contributed by atoms with van der Waals surface area (Å²) in [5, 5.41) is 23.3. The lowest BCUT2D eigenvalue weighted by Gasteiger charge is -2.26. The Balaban J connectivity index is 1.61. The number of carbonyl (C=O) groups is 2. The van der Waals surface area contributed by atoms with Gasteiger partial charge in [0.15, 0.2) is 5.11 Å². The predicted octanol–water partition coefficient (Wildman–Crippen LogP) is 5.57. The molecule has 0 bridgehead atoms. The molecule has 2 aromatic carbocycles. The third-order valence-corrected chi connectivity index (χ3v) is 6.40. The summed E-state index contributed by atoms with van der Waals surface area (Å²) >= 11 is 11.8. The normalized spacial score (nSPS) is 17.1. The Bertz CT molecular complexity index is 1440. The molecule has 1 aliphatic heterocycles. The molecule has 3 heterocycles. The smallest absolute Gasteiger partial charge is 0.335 e. The third kappa shape index (κ3) is 4.41. The number of aromatic nitrogens is 1. The van der Waals surface area contributed by atoms with E-state index in [1.165, 1.54) is 12.1 Å². The minimum absolute atomic E-state index is 0.152. The summed E-state index contributed by atoms with van der Waals surface area (Å²) in [6.07, 6.45) is 1.69. The largest absolute Gasteiger partial charge is 0.478 e. The number of rotatable bonds is 6. The molecule has 1 fully saturated rings. The Morgan fingerprint density at radius 3 is 2.28 bits per heavy atom. The molecule has 2 atom stereocenters. The Hall–Kier alpha value is -4.21. The molecule has 1 saturated heterocycles. The first-order valence-corrected chi connectivity index (χ1v) is 11.6. The van der Waals surface area contributed by atoms with Crippen molar-refractivity contribution in [2.45, 2.75) is 12.1 Å². The first-order chi connectivity index (χ1) is 17.3. The van der Waals surface area contributed by atoms with E-state index in [1.54, 1.807) is 30.5 Å². The van der Waals surface area contributed by atoms with Gasteiger partial charge in [-0.25, -0.2) is 9.59 Å². The number of furan rings is 1. The van der Waals surface area contributed by atoms with Crippen molar-refractivity contribution in [1.29, 1.82) is 0 Å². The first-order valence-electron chi connectivity index (χ1n) is 10.8. The maximum atomic E-state index is 11.6. The molecule has 5 rings (SSSR count). The second-order valence-corrected chi connectivity index (χ2v) is 8.91. The Morgan fingerprint density at radius 2 is 1.67 bits per heavy atom. The number of hydrogen-bond donors (Lipinski definition) is 3. The molecule has 0 saturated carbocycles. The minimum atomic E-state index is -1.24. The highest BCUT2D eigenvalue weighted by atomic mass is 35.5. The van der Waals surface area contributed by atoms with Crippen LogP contribution in [0.5, 0.6) is 0 Å². The molecule has 0 radical (unpaired) electrons. The molecule has 180 valence electrons. The lowest BCUT2D eigenvalue weighted by Crippen LogP contribution is -2.29. The van der Waals surface area contributed by atoms with Crippen molar-refractivity contribution >= 4 is 46.6 Å². The number of carboxylic acids is 2. The highest BCUT2D eigenvalue weighted by molar-refractivity contribution is 7.80. The van der Waals surface area contributed by atoms with Crippen molar-refractivity contribution in [1.82, 2.24) is 10.3 Å². The molecule has 0 aliphatic carbocycles. The number of nitrogens with one attached hydrogen (secondary N) is 1. The summed E-state index contributed by atoms with van der Waals surface area (Å²) in [7, 11) is 0. The van der Waals surface area contributed by atoms with Gasteiger partial charge in [-0.15, -0.1) is 0 Å². The Morgan fingerprint density at radius 1 is 0.972 bits per heavy atom. The van der Waals surface area contributed by atoms with E-state index in [0.29, 0.717) is 27.2 Å². The van der Waals surface area contributed by atoms with Crippen molar-refractivity contribution in [2.24, 2.45) is 0 Å². The van der Waals surface area contributed by atoms with Crippen molar-refractivity contribution in [3.05, 3.63) is 107 Å². The van der Waals surface area contributed by atoms with Crippen LogP contribution >= 0.6 is 23.8 Å². The highest BCUT2D eigenvalue weighted by Crippen LogP contribution is 2.43. The summed E-state index contributed by atoms with van der Waals surface area (Å²) in [6.45, 7) is 0. The Kier molecular flexibility index (Phi) is 6.17. The van der Waals surface area contributed by atoms with Crippen molar-refractivity contribution in [3.63, 3.8) is 0 Å². The number of benzene rings is 2. The van der Waals surface area contributed by atoms with Crippen LogP contribution in [0.2, 0.25) is 5.02 Å². The average molecular weight is 520 g/mol. The molecule has 2 aromatic heterocycles. The number of pyridine rings is 1. The number of aromatic carboxylic acids is 2. The van der Waals surface area contributed by atoms with E-state index in [2.05, 4.69) is 10.3 Å². The zero-order valence-electron chi connectivity index (χ0n) is 18.5. The summed E-state index contributed by atoms with van der Waals surface area (Å²) in [5.74, 6) is -1.62. The van der Waals surface area contributed by atoms with Crippen LogP contribution in [0.15, 0.2) is 83.4 Å².